The average Bonchev–Trinajstić information content (AvgIpc) is 3.54. The Morgan fingerprint density at radius 1 is 1.14 bits per heavy atom. The van der Waals surface area contributed by atoms with E-state index in [1.165, 1.54) is 7.11 Å². The number of aromatic nitrogens is 2. The second-order valence-corrected chi connectivity index (χ2v) is 13.5. The molecule has 1 aliphatic heterocycles. The Kier molecular flexibility index (Phi) is 8.60. The number of hydrazine groups is 2. The van der Waals surface area contributed by atoms with E-state index in [1.54, 1.807) is 18.2 Å². The van der Waals surface area contributed by atoms with E-state index < -0.39 is 10.0 Å². The van der Waals surface area contributed by atoms with Crippen LogP contribution in [-0.2, 0) is 21.9 Å². The number of hydrogen-bond acceptors (Lipinski definition) is 8. The fourth-order valence-corrected chi connectivity index (χ4v) is 5.40. The molecule has 42 heavy (non-hydrogen) atoms. The van der Waals surface area contributed by atoms with Gasteiger partial charge in [0.05, 0.1) is 42.3 Å². The number of carbonyl (C=O) groups is 1. The molecule has 0 unspecified atom stereocenters. The molecular weight excluding hydrogens is 554 g/mol. The van der Waals surface area contributed by atoms with Crippen LogP contribution < -0.4 is 30.7 Å². The van der Waals surface area contributed by atoms with Crippen LogP contribution in [0.3, 0.4) is 0 Å². The Morgan fingerprint density at radius 2 is 1.83 bits per heavy atom. The van der Waals surface area contributed by atoms with Gasteiger partial charge in [-0.05, 0) is 68.0 Å². The van der Waals surface area contributed by atoms with Gasteiger partial charge in [-0.3, -0.25) is 19.2 Å². The van der Waals surface area contributed by atoms with Crippen LogP contribution in [0.15, 0.2) is 42.7 Å². The molecular formula is C30H41N7O4S. The maximum absolute atomic E-state index is 13.6. The van der Waals surface area contributed by atoms with Gasteiger partial charge in [-0.1, -0.05) is 33.8 Å². The lowest BCUT2D eigenvalue weighted by Crippen LogP contribution is -2.36. The molecule has 0 aliphatic carbocycles. The third-order valence-corrected chi connectivity index (χ3v) is 7.61. The molecule has 12 heteroatoms. The molecule has 0 bridgehead atoms. The molecule has 0 atom stereocenters. The van der Waals surface area contributed by atoms with Gasteiger partial charge in [0.1, 0.15) is 0 Å². The summed E-state index contributed by atoms with van der Waals surface area (Å²) in [5.41, 5.74) is 12.7. The van der Waals surface area contributed by atoms with Gasteiger partial charge >= 0.3 is 0 Å². The number of ether oxygens (including phenoxy) is 1. The van der Waals surface area contributed by atoms with Crippen LogP contribution in [0.5, 0.6) is 5.75 Å². The predicted octanol–water partition coefficient (Wildman–Crippen LogP) is 5.09. The van der Waals surface area contributed by atoms with Crippen LogP contribution in [0.4, 0.5) is 17.1 Å². The minimum absolute atomic E-state index is 0.223. The van der Waals surface area contributed by atoms with Crippen LogP contribution >= 0.6 is 0 Å². The molecule has 2 aromatic carbocycles. The van der Waals surface area contributed by atoms with E-state index in [0.717, 1.165) is 46.4 Å². The molecule has 11 nitrogen and oxygen atoms in total. The number of anilines is 3. The Hall–Kier alpha value is -4.03. The highest BCUT2D eigenvalue weighted by molar-refractivity contribution is 7.92. The summed E-state index contributed by atoms with van der Waals surface area (Å²) in [6, 6.07) is 9.21. The molecule has 4 rings (SSSR count). The fourth-order valence-electron chi connectivity index (χ4n) is 4.85. The number of methoxy groups -OCH3 is 1. The van der Waals surface area contributed by atoms with Crippen molar-refractivity contribution in [3.8, 4) is 5.75 Å². The minimum atomic E-state index is -3.59. The summed E-state index contributed by atoms with van der Waals surface area (Å²) >= 11 is 0. The number of benzene rings is 2. The maximum atomic E-state index is 13.6. The summed E-state index contributed by atoms with van der Waals surface area (Å²) in [5.74, 6) is -0.144. The van der Waals surface area contributed by atoms with Gasteiger partial charge in [-0.15, -0.1) is 5.53 Å². The summed E-state index contributed by atoms with van der Waals surface area (Å²) < 4.78 is 34.3. The van der Waals surface area contributed by atoms with Gasteiger partial charge in [0, 0.05) is 29.1 Å². The Bertz CT molecular complexity index is 1640. The van der Waals surface area contributed by atoms with Crippen molar-refractivity contribution in [1.82, 2.24) is 20.7 Å². The molecule has 0 radical (unpaired) electrons. The van der Waals surface area contributed by atoms with Gasteiger partial charge < -0.3 is 15.5 Å². The number of sulfonamides is 1. The lowest BCUT2D eigenvalue weighted by atomic mass is 9.86. The number of rotatable bonds is 9. The van der Waals surface area contributed by atoms with E-state index in [2.05, 4.69) is 46.9 Å². The zero-order valence-electron chi connectivity index (χ0n) is 25.7. The second kappa shape index (κ2) is 11.7. The van der Waals surface area contributed by atoms with Crippen molar-refractivity contribution in [2.75, 3.05) is 28.4 Å². The second-order valence-electron chi connectivity index (χ2n) is 11.7. The van der Waals surface area contributed by atoms with Crippen LogP contribution in [-0.4, -0.2) is 37.5 Å². The quantitative estimate of drug-likeness (QED) is 0.269. The van der Waals surface area contributed by atoms with Crippen LogP contribution in [0.2, 0.25) is 0 Å². The number of hydrogen-bond donors (Lipinski definition) is 4. The first-order valence-corrected chi connectivity index (χ1v) is 15.7. The van der Waals surface area contributed by atoms with Gasteiger partial charge in [0.2, 0.25) is 10.0 Å². The number of amides is 1. The van der Waals surface area contributed by atoms with Gasteiger partial charge in [-0.25, -0.2) is 8.42 Å². The van der Waals surface area contributed by atoms with Gasteiger partial charge in [0.25, 0.3) is 5.91 Å². The van der Waals surface area contributed by atoms with E-state index in [0.29, 0.717) is 11.3 Å². The van der Waals surface area contributed by atoms with E-state index in [9.17, 15) is 13.2 Å². The third-order valence-electron chi connectivity index (χ3n) is 7.02. The first kappa shape index (κ1) is 30.9. The molecule has 226 valence electrons. The lowest BCUT2D eigenvalue weighted by Gasteiger charge is -2.24. The summed E-state index contributed by atoms with van der Waals surface area (Å²) in [7, 11) is -2.16. The summed E-state index contributed by atoms with van der Waals surface area (Å²) in [4.78, 5) is 13.6. The summed E-state index contributed by atoms with van der Waals surface area (Å²) in [5, 5.41) is 9.35. The highest BCUT2D eigenvalue weighted by Gasteiger charge is 2.24. The standard InChI is InChI=1S/C30H41N7O4S/c1-10-26-22(16-31-37(26)18(2)3)25-17-36(35-33-25)27-13-20(12-11-19(27)4)29(38)32-23-14-21(30(5,6)7)15-24(28(23)41-8)34-42(9,39)40/h11-18,33-35H,10H2,1-9H3,(H,32,38). The Morgan fingerprint density at radius 3 is 2.43 bits per heavy atom. The van der Waals surface area contributed by atoms with E-state index in [1.807, 2.05) is 61.9 Å². The molecule has 0 spiro atoms. The molecule has 3 aromatic rings. The lowest BCUT2D eigenvalue weighted by molar-refractivity contribution is 0.102. The van der Waals surface area contributed by atoms with Crippen LogP contribution in [0.1, 0.15) is 80.3 Å². The third kappa shape index (κ3) is 6.55. The normalized spacial score (nSPS) is 13.7. The van der Waals surface area contributed by atoms with Crippen LogP contribution in [0.25, 0.3) is 5.70 Å². The van der Waals surface area contributed by atoms with Gasteiger partial charge in [0.15, 0.2) is 5.75 Å². The SMILES string of the molecule is CCc1c(C2=CN(c3cc(C(=O)Nc4cc(C(C)(C)C)cc(NS(C)(=O)=O)c4OC)ccc3C)NN2)cnn1C(C)C. The smallest absolute Gasteiger partial charge is 0.255 e. The fraction of sp³-hybridized carbons (Fsp3) is 0.400. The van der Waals surface area contributed by atoms with Crippen molar-refractivity contribution in [2.24, 2.45) is 0 Å². The first-order valence-electron chi connectivity index (χ1n) is 13.8. The highest BCUT2D eigenvalue weighted by Crippen LogP contribution is 2.39. The van der Waals surface area contributed by atoms with Crippen molar-refractivity contribution < 1.29 is 17.9 Å². The van der Waals surface area contributed by atoms with Crippen molar-refractivity contribution in [1.29, 1.82) is 0 Å². The topological polar surface area (TPSA) is 130 Å². The molecule has 2 heterocycles. The van der Waals surface area contributed by atoms with E-state index >= 15 is 0 Å². The average molecular weight is 596 g/mol. The van der Waals surface area contributed by atoms with E-state index in [4.69, 9.17) is 4.74 Å². The molecule has 1 amide bonds. The Labute approximate surface area is 248 Å². The molecule has 1 aliphatic rings. The van der Waals surface area contributed by atoms with Gasteiger partial charge in [-0.2, -0.15) is 5.10 Å². The van der Waals surface area contributed by atoms with E-state index in [-0.39, 0.29) is 28.8 Å². The number of aryl methyl sites for hydroxylation is 1. The van der Waals surface area contributed by atoms with Crippen molar-refractivity contribution in [3.63, 3.8) is 0 Å². The summed E-state index contributed by atoms with van der Waals surface area (Å²) in [6.45, 7) is 14.3. The summed E-state index contributed by atoms with van der Waals surface area (Å²) in [6.07, 6.45) is 5.72. The van der Waals surface area contributed by atoms with Crippen LogP contribution in [0, 0.1) is 6.92 Å². The number of nitrogens with zero attached hydrogens (tertiary/aromatic N) is 3. The zero-order valence-corrected chi connectivity index (χ0v) is 26.5. The number of nitrogens with one attached hydrogen (secondary N) is 4. The largest absolute Gasteiger partial charge is 0.492 e. The van der Waals surface area contributed by atoms with Crippen molar-refractivity contribution in [3.05, 3.63) is 70.7 Å². The number of carbonyl (C=O) groups excluding carboxylic acids is 1. The van der Waals surface area contributed by atoms with Crippen molar-refractivity contribution in [2.45, 2.75) is 66.3 Å². The zero-order chi connectivity index (χ0) is 31.0. The monoisotopic (exact) mass is 595 g/mol. The predicted molar refractivity (Wildman–Crippen MR) is 168 cm³/mol. The first-order chi connectivity index (χ1) is 19.6. The maximum Gasteiger partial charge on any atom is 0.255 e. The minimum Gasteiger partial charge on any atom is -0.492 e. The molecule has 0 saturated carbocycles. The molecule has 0 fully saturated rings. The van der Waals surface area contributed by atoms with Crippen molar-refractivity contribution >= 4 is 38.7 Å². The molecule has 0 saturated heterocycles. The molecule has 1 aromatic heterocycles. The Balaban J connectivity index is 1.67. The highest BCUT2D eigenvalue weighted by atomic mass is 32.2. The molecule has 4 N–H and O–H groups in total.